The van der Waals surface area contributed by atoms with E-state index in [1.807, 2.05) is 0 Å². The van der Waals surface area contributed by atoms with Crippen LogP contribution >= 0.6 is 0 Å². The number of aromatic nitrogens is 1. The van der Waals surface area contributed by atoms with E-state index in [2.05, 4.69) is 204 Å². The highest BCUT2D eigenvalue weighted by Gasteiger charge is 2.20. The van der Waals surface area contributed by atoms with Crippen molar-refractivity contribution in [1.82, 2.24) is 4.57 Å². The molecule has 0 aliphatic carbocycles. The highest BCUT2D eigenvalue weighted by Crippen LogP contribution is 2.44. The van der Waals surface area contributed by atoms with Gasteiger partial charge in [0, 0.05) is 33.4 Å². The predicted octanol–water partition coefficient (Wildman–Crippen LogP) is 12.7. The average molecular weight is 613 g/mol. The van der Waals surface area contributed by atoms with Gasteiger partial charge in [-0.05, 0) is 76.0 Å². The lowest BCUT2D eigenvalue weighted by Gasteiger charge is -2.29. The molecule has 0 unspecified atom stereocenters. The van der Waals surface area contributed by atoms with E-state index < -0.39 is 0 Å². The van der Waals surface area contributed by atoms with Crippen molar-refractivity contribution in [2.75, 3.05) is 4.90 Å². The van der Waals surface area contributed by atoms with Crippen molar-refractivity contribution in [1.29, 1.82) is 0 Å². The molecule has 0 saturated heterocycles. The molecule has 0 amide bonds. The Morgan fingerprint density at radius 3 is 1.69 bits per heavy atom. The normalized spacial score (nSPS) is 11.3. The summed E-state index contributed by atoms with van der Waals surface area (Å²) in [6, 6.07) is 69.9. The first-order valence-corrected chi connectivity index (χ1v) is 16.4. The topological polar surface area (TPSA) is 8.17 Å². The molecule has 0 bridgehead atoms. The Labute approximate surface area is 280 Å². The first kappa shape index (κ1) is 27.9. The Bertz CT molecular complexity index is 2500. The lowest BCUT2D eigenvalue weighted by atomic mass is 9.94. The molecule has 0 radical (unpaired) electrons. The van der Waals surface area contributed by atoms with E-state index in [1.54, 1.807) is 0 Å². The van der Waals surface area contributed by atoms with Crippen LogP contribution in [0.5, 0.6) is 0 Å². The molecule has 1 aromatic heterocycles. The van der Waals surface area contributed by atoms with E-state index >= 15 is 0 Å². The molecule has 0 fully saturated rings. The molecule has 0 aliphatic heterocycles. The van der Waals surface area contributed by atoms with Crippen molar-refractivity contribution in [2.24, 2.45) is 0 Å². The predicted molar refractivity (Wildman–Crippen MR) is 204 cm³/mol. The van der Waals surface area contributed by atoms with E-state index in [-0.39, 0.29) is 0 Å². The Kier molecular flexibility index (Phi) is 6.84. The maximum atomic E-state index is 2.41. The molecular weight excluding hydrogens is 581 g/mol. The number of rotatable bonds is 6. The van der Waals surface area contributed by atoms with Crippen LogP contribution in [0.15, 0.2) is 194 Å². The van der Waals surface area contributed by atoms with Gasteiger partial charge in [0.05, 0.1) is 16.7 Å². The lowest BCUT2D eigenvalue weighted by molar-refractivity contribution is 1.17. The van der Waals surface area contributed by atoms with Gasteiger partial charge in [-0.2, -0.15) is 0 Å². The minimum atomic E-state index is 1.09. The second-order valence-electron chi connectivity index (χ2n) is 12.2. The average Bonchev–Trinajstić information content (AvgIpc) is 3.50. The first-order valence-electron chi connectivity index (χ1n) is 16.4. The highest BCUT2D eigenvalue weighted by molar-refractivity contribution is 6.09. The Balaban J connectivity index is 1.30. The Hall–Kier alpha value is -6.38. The van der Waals surface area contributed by atoms with E-state index in [4.69, 9.17) is 0 Å². The van der Waals surface area contributed by atoms with Crippen LogP contribution in [0, 0.1) is 0 Å². The summed E-state index contributed by atoms with van der Waals surface area (Å²) in [5.74, 6) is 0. The van der Waals surface area contributed by atoms with Gasteiger partial charge in [0.15, 0.2) is 0 Å². The molecule has 0 atom stereocenters. The monoisotopic (exact) mass is 612 g/mol. The van der Waals surface area contributed by atoms with Gasteiger partial charge in [-0.15, -0.1) is 0 Å². The fourth-order valence-electron chi connectivity index (χ4n) is 7.20. The molecule has 0 N–H and O–H groups in total. The summed E-state index contributed by atoms with van der Waals surface area (Å²) in [5, 5.41) is 5.00. The summed E-state index contributed by atoms with van der Waals surface area (Å²) < 4.78 is 2.39. The van der Waals surface area contributed by atoms with Crippen LogP contribution in [-0.4, -0.2) is 4.57 Å². The summed E-state index contributed by atoms with van der Waals surface area (Å²) in [5.41, 5.74) is 11.6. The molecule has 48 heavy (non-hydrogen) atoms. The minimum Gasteiger partial charge on any atom is -0.310 e. The van der Waals surface area contributed by atoms with Crippen molar-refractivity contribution < 1.29 is 0 Å². The SMILES string of the molecule is c1ccc(-c2ccc(-c3cccc4ccccc34)cc2N(c2ccccc2)c2cccc(-n3c4ccccc4c4ccccc43)c2)cc1. The van der Waals surface area contributed by atoms with Gasteiger partial charge in [0.1, 0.15) is 0 Å². The van der Waals surface area contributed by atoms with E-state index in [9.17, 15) is 0 Å². The van der Waals surface area contributed by atoms with Crippen molar-refractivity contribution in [2.45, 2.75) is 0 Å². The second-order valence-corrected chi connectivity index (χ2v) is 12.2. The molecule has 9 aromatic rings. The van der Waals surface area contributed by atoms with Gasteiger partial charge in [-0.25, -0.2) is 0 Å². The van der Waals surface area contributed by atoms with Gasteiger partial charge in [0.25, 0.3) is 0 Å². The number of hydrogen-bond donors (Lipinski definition) is 0. The molecular formula is C46H32N2. The van der Waals surface area contributed by atoms with E-state index in [1.165, 1.54) is 54.8 Å². The third-order valence-electron chi connectivity index (χ3n) is 9.36. The Morgan fingerprint density at radius 2 is 0.938 bits per heavy atom. The van der Waals surface area contributed by atoms with E-state index in [0.29, 0.717) is 0 Å². The number of hydrogen-bond acceptors (Lipinski definition) is 1. The summed E-state index contributed by atoms with van der Waals surface area (Å²) >= 11 is 0. The highest BCUT2D eigenvalue weighted by atomic mass is 15.1. The molecule has 0 saturated carbocycles. The molecule has 2 nitrogen and oxygen atoms in total. The summed E-state index contributed by atoms with van der Waals surface area (Å²) in [6.45, 7) is 0. The lowest BCUT2D eigenvalue weighted by Crippen LogP contribution is -2.12. The van der Waals surface area contributed by atoms with Gasteiger partial charge in [-0.1, -0.05) is 146 Å². The molecule has 1 heterocycles. The number of para-hydroxylation sites is 3. The number of fused-ring (bicyclic) bond motifs is 4. The maximum absolute atomic E-state index is 2.41. The van der Waals surface area contributed by atoms with Gasteiger partial charge in [0.2, 0.25) is 0 Å². The number of anilines is 3. The quantitative estimate of drug-likeness (QED) is 0.181. The first-order chi connectivity index (χ1) is 23.8. The third kappa shape index (κ3) is 4.74. The zero-order valence-electron chi connectivity index (χ0n) is 26.4. The second kappa shape index (κ2) is 11.8. The van der Waals surface area contributed by atoms with E-state index in [0.717, 1.165) is 22.7 Å². The number of nitrogens with zero attached hydrogens (tertiary/aromatic N) is 2. The minimum absolute atomic E-state index is 1.09. The zero-order valence-corrected chi connectivity index (χ0v) is 26.4. The van der Waals surface area contributed by atoms with Crippen molar-refractivity contribution in [3.8, 4) is 27.9 Å². The molecule has 0 aliphatic rings. The molecule has 8 aromatic carbocycles. The summed E-state index contributed by atoms with van der Waals surface area (Å²) in [7, 11) is 0. The van der Waals surface area contributed by atoms with Crippen LogP contribution in [0.2, 0.25) is 0 Å². The molecule has 9 rings (SSSR count). The van der Waals surface area contributed by atoms with Crippen LogP contribution in [-0.2, 0) is 0 Å². The van der Waals surface area contributed by atoms with Crippen LogP contribution in [0.25, 0.3) is 60.5 Å². The Morgan fingerprint density at radius 1 is 0.354 bits per heavy atom. The van der Waals surface area contributed by atoms with Gasteiger partial charge >= 0.3 is 0 Å². The van der Waals surface area contributed by atoms with Crippen LogP contribution in [0.3, 0.4) is 0 Å². The number of benzene rings is 8. The largest absolute Gasteiger partial charge is 0.310 e. The zero-order chi connectivity index (χ0) is 31.9. The van der Waals surface area contributed by atoms with Crippen LogP contribution in [0.1, 0.15) is 0 Å². The van der Waals surface area contributed by atoms with Crippen molar-refractivity contribution in [3.63, 3.8) is 0 Å². The fraction of sp³-hybridized carbons (Fsp3) is 0. The van der Waals surface area contributed by atoms with Gasteiger partial charge < -0.3 is 9.47 Å². The molecule has 2 heteroatoms. The summed E-state index contributed by atoms with van der Waals surface area (Å²) in [6.07, 6.45) is 0. The van der Waals surface area contributed by atoms with Crippen LogP contribution in [0.4, 0.5) is 17.1 Å². The van der Waals surface area contributed by atoms with Crippen LogP contribution < -0.4 is 4.90 Å². The molecule has 0 spiro atoms. The van der Waals surface area contributed by atoms with Crippen molar-refractivity contribution >= 4 is 49.6 Å². The standard InChI is InChI=1S/C46H32N2/c1-3-15-34(16-4-1)41-30-29-35(40-26-13-18-33-17-7-8-23-39(33)40)31-46(41)47(36-19-5-2-6-20-36)37-21-14-22-38(32-37)48-44-27-11-9-24-42(44)43-25-10-12-28-45(43)48/h1-32H. The molecule has 226 valence electrons. The fourth-order valence-corrected chi connectivity index (χ4v) is 7.20. The smallest absolute Gasteiger partial charge is 0.0546 e. The van der Waals surface area contributed by atoms with Gasteiger partial charge in [-0.3, -0.25) is 0 Å². The maximum Gasteiger partial charge on any atom is 0.0546 e. The third-order valence-corrected chi connectivity index (χ3v) is 9.36. The van der Waals surface area contributed by atoms with Crippen molar-refractivity contribution in [3.05, 3.63) is 194 Å². The summed E-state index contributed by atoms with van der Waals surface area (Å²) in [4.78, 5) is 2.41.